The molecule has 1 heterocycles. The van der Waals surface area contributed by atoms with Gasteiger partial charge in [0.15, 0.2) is 0 Å². The third-order valence-corrected chi connectivity index (χ3v) is 8.95. The first-order valence-corrected chi connectivity index (χ1v) is 16.9. The molecule has 0 bridgehead atoms. The first-order valence-electron chi connectivity index (χ1n) is 16.0. The molecule has 0 radical (unpaired) electrons. The molecule has 11 heteroatoms. The van der Waals surface area contributed by atoms with Crippen LogP contribution >= 0.6 is 11.8 Å². The Morgan fingerprint density at radius 2 is 1.47 bits per heavy atom. The van der Waals surface area contributed by atoms with Gasteiger partial charge in [-0.25, -0.2) is 0 Å². The molecule has 0 saturated heterocycles. The topological polar surface area (TPSA) is 129 Å². The minimum Gasteiger partial charge on any atom is -0.497 e. The van der Waals surface area contributed by atoms with E-state index in [9.17, 15) is 19.2 Å². The summed E-state index contributed by atoms with van der Waals surface area (Å²) in [4.78, 5) is 53.7. The van der Waals surface area contributed by atoms with Gasteiger partial charge in [0.05, 0.1) is 19.2 Å². The summed E-state index contributed by atoms with van der Waals surface area (Å²) in [6.07, 6.45) is 1.55. The fourth-order valence-corrected chi connectivity index (χ4v) is 6.19. The molecule has 1 atom stereocenters. The van der Waals surface area contributed by atoms with Crippen LogP contribution in [0, 0.1) is 0 Å². The summed E-state index contributed by atoms with van der Waals surface area (Å²) in [6.45, 7) is 0. The molecule has 0 fully saturated rings. The maximum absolute atomic E-state index is 13.7. The molecule has 0 aliphatic carbocycles. The van der Waals surface area contributed by atoms with E-state index in [0.717, 1.165) is 10.5 Å². The van der Waals surface area contributed by atoms with Gasteiger partial charge >= 0.3 is 0 Å². The van der Waals surface area contributed by atoms with Crippen LogP contribution in [0.2, 0.25) is 0 Å². The van der Waals surface area contributed by atoms with Gasteiger partial charge < -0.3 is 20.7 Å². The molecule has 10 nitrogen and oxygen atoms in total. The number of carbonyl (C=O) groups excluding carboxylic acids is 4. The lowest BCUT2D eigenvalue weighted by molar-refractivity contribution is -0.119. The molecular formula is C40H33N5O5S. The van der Waals surface area contributed by atoms with Gasteiger partial charge in [-0.3, -0.25) is 19.2 Å². The minimum absolute atomic E-state index is 0.0265. The Bertz CT molecular complexity index is 2090. The molecule has 0 aromatic heterocycles. The second-order valence-electron chi connectivity index (χ2n) is 11.3. The minimum atomic E-state index is -0.666. The van der Waals surface area contributed by atoms with Crippen LogP contribution in [0.3, 0.4) is 0 Å². The van der Waals surface area contributed by atoms with Crippen molar-refractivity contribution < 1.29 is 23.9 Å². The summed E-state index contributed by atoms with van der Waals surface area (Å²) >= 11 is 1.32. The molecule has 1 unspecified atom stereocenters. The van der Waals surface area contributed by atoms with Crippen LogP contribution in [0.4, 0.5) is 11.4 Å². The van der Waals surface area contributed by atoms with E-state index in [-0.39, 0.29) is 29.8 Å². The van der Waals surface area contributed by atoms with Crippen LogP contribution in [0.1, 0.15) is 33.2 Å². The lowest BCUT2D eigenvalue weighted by Gasteiger charge is -2.17. The summed E-state index contributed by atoms with van der Waals surface area (Å²) < 4.78 is 5.32. The highest BCUT2D eigenvalue weighted by Gasteiger charge is 2.29. The predicted octanol–water partition coefficient (Wildman–Crippen LogP) is 6.80. The number of thioether (sulfide) groups is 1. The smallest absolute Gasteiger partial charge is 0.272 e. The average molecular weight is 696 g/mol. The van der Waals surface area contributed by atoms with Crippen LogP contribution < -0.4 is 25.7 Å². The second kappa shape index (κ2) is 16.3. The number of rotatable bonds is 11. The third kappa shape index (κ3) is 8.97. The zero-order valence-electron chi connectivity index (χ0n) is 27.5. The van der Waals surface area contributed by atoms with Gasteiger partial charge in [-0.1, -0.05) is 78.9 Å². The Morgan fingerprint density at radius 3 is 2.16 bits per heavy atom. The van der Waals surface area contributed by atoms with E-state index in [1.54, 1.807) is 104 Å². The number of hydrogen-bond donors (Lipinski definition) is 3. The van der Waals surface area contributed by atoms with Crippen LogP contribution in [-0.4, -0.2) is 36.6 Å². The maximum Gasteiger partial charge on any atom is 0.272 e. The van der Waals surface area contributed by atoms with Crippen LogP contribution in [0.5, 0.6) is 5.75 Å². The number of anilines is 2. The lowest BCUT2D eigenvalue weighted by atomic mass is 10.1. The van der Waals surface area contributed by atoms with E-state index in [4.69, 9.17) is 4.74 Å². The largest absolute Gasteiger partial charge is 0.497 e. The highest BCUT2D eigenvalue weighted by atomic mass is 32.2. The van der Waals surface area contributed by atoms with Gasteiger partial charge in [0.1, 0.15) is 22.5 Å². The van der Waals surface area contributed by atoms with E-state index < -0.39 is 17.1 Å². The van der Waals surface area contributed by atoms with E-state index >= 15 is 0 Å². The molecule has 0 spiro atoms. The standard InChI is InChI=1S/C40H33N5O5S/c1-50-32-19-11-12-27(24-32)25-34(42-38(47)29-15-7-3-8-16-29)39(48)41-30-20-22-33(23-21-30)51-37(28-13-5-2-6-14-28)40(49)43-35-26-36(46)45(44-35)31-17-9-4-10-18-31/h2-25,37H,26H2,1H3,(H,41,48)(H,42,47)(H,43,44,49)/b34-25-. The summed E-state index contributed by atoms with van der Waals surface area (Å²) in [5.74, 6) is -0.651. The van der Waals surface area contributed by atoms with E-state index in [2.05, 4.69) is 21.1 Å². The Kier molecular flexibility index (Phi) is 11.0. The number of benzene rings is 5. The predicted molar refractivity (Wildman–Crippen MR) is 199 cm³/mol. The van der Waals surface area contributed by atoms with Crippen molar-refractivity contribution >= 4 is 58.7 Å². The van der Waals surface area contributed by atoms with E-state index in [1.165, 1.54) is 16.8 Å². The second-order valence-corrected chi connectivity index (χ2v) is 12.5. The fourth-order valence-electron chi connectivity index (χ4n) is 5.17. The van der Waals surface area contributed by atoms with Crippen molar-refractivity contribution in [3.05, 3.63) is 162 Å². The SMILES string of the molecule is COc1cccc(/C=C(\NC(=O)c2ccccc2)C(=O)Nc2ccc(SC(C(=O)NC3=NN(c4ccccc4)C(=O)C3)c3ccccc3)cc2)c1. The maximum atomic E-state index is 13.7. The van der Waals surface area contributed by atoms with Crippen molar-refractivity contribution in [3.63, 3.8) is 0 Å². The number of ether oxygens (including phenoxy) is 1. The number of para-hydroxylation sites is 1. The Labute approximate surface area is 299 Å². The lowest BCUT2D eigenvalue weighted by Crippen LogP contribution is -2.33. The first kappa shape index (κ1) is 34.4. The van der Waals surface area contributed by atoms with Crippen LogP contribution in [0.25, 0.3) is 6.08 Å². The number of amides is 4. The molecule has 0 saturated carbocycles. The number of carbonyl (C=O) groups is 4. The highest BCUT2D eigenvalue weighted by molar-refractivity contribution is 8.00. The van der Waals surface area contributed by atoms with Crippen molar-refractivity contribution in [2.24, 2.45) is 5.10 Å². The molecular weight excluding hydrogens is 663 g/mol. The zero-order chi connectivity index (χ0) is 35.6. The van der Waals surface area contributed by atoms with Gasteiger partial charge in [-0.2, -0.15) is 10.1 Å². The number of nitrogens with one attached hydrogen (secondary N) is 3. The van der Waals surface area contributed by atoms with Crippen molar-refractivity contribution in [1.29, 1.82) is 0 Å². The van der Waals surface area contributed by atoms with E-state index in [1.807, 2.05) is 48.5 Å². The van der Waals surface area contributed by atoms with Gasteiger partial charge in [-0.15, -0.1) is 11.8 Å². The molecule has 5 aromatic rings. The summed E-state index contributed by atoms with van der Waals surface area (Å²) in [5, 5.41) is 13.4. The highest BCUT2D eigenvalue weighted by Crippen LogP contribution is 2.36. The quantitative estimate of drug-likeness (QED) is 0.103. The summed E-state index contributed by atoms with van der Waals surface area (Å²) in [6, 6.07) is 41.1. The van der Waals surface area contributed by atoms with Crippen molar-refractivity contribution in [1.82, 2.24) is 10.6 Å². The molecule has 51 heavy (non-hydrogen) atoms. The Morgan fingerprint density at radius 1 is 0.804 bits per heavy atom. The summed E-state index contributed by atoms with van der Waals surface area (Å²) in [7, 11) is 1.55. The molecule has 5 aromatic carbocycles. The fraction of sp³-hybridized carbons (Fsp3) is 0.0750. The number of methoxy groups -OCH3 is 1. The molecule has 3 N–H and O–H groups in total. The number of hydrazone groups is 1. The Hall–Kier alpha value is -6.46. The van der Waals surface area contributed by atoms with Crippen LogP contribution in [-0.2, 0) is 14.4 Å². The normalized spacial score (nSPS) is 13.2. The Balaban J connectivity index is 1.17. The first-order chi connectivity index (χ1) is 24.9. The van der Waals surface area contributed by atoms with Gasteiger partial charge in [0, 0.05) is 16.1 Å². The average Bonchev–Trinajstić information content (AvgIpc) is 3.54. The monoisotopic (exact) mass is 695 g/mol. The van der Waals surface area contributed by atoms with Crippen LogP contribution in [0.15, 0.2) is 155 Å². The number of nitrogens with zero attached hydrogens (tertiary/aromatic N) is 2. The van der Waals surface area contributed by atoms with Gasteiger partial charge in [-0.05, 0) is 77.9 Å². The van der Waals surface area contributed by atoms with Gasteiger partial charge in [0.25, 0.3) is 17.7 Å². The van der Waals surface area contributed by atoms with Crippen molar-refractivity contribution in [2.75, 3.05) is 17.4 Å². The zero-order valence-corrected chi connectivity index (χ0v) is 28.3. The molecule has 1 aliphatic rings. The van der Waals surface area contributed by atoms with Gasteiger partial charge in [0.2, 0.25) is 5.91 Å². The molecule has 1 aliphatic heterocycles. The van der Waals surface area contributed by atoms with Crippen molar-refractivity contribution in [3.8, 4) is 5.75 Å². The van der Waals surface area contributed by atoms with E-state index in [0.29, 0.717) is 28.3 Å². The molecule has 254 valence electrons. The summed E-state index contributed by atoms with van der Waals surface area (Å²) in [5.41, 5.74) is 2.97. The molecule has 6 rings (SSSR count). The number of amidine groups is 1. The van der Waals surface area contributed by atoms with Crippen molar-refractivity contribution in [2.45, 2.75) is 16.6 Å². The third-order valence-electron chi connectivity index (χ3n) is 7.68. The number of hydrogen-bond acceptors (Lipinski definition) is 7. The molecule has 4 amide bonds.